The van der Waals surface area contributed by atoms with Gasteiger partial charge in [0.05, 0.1) is 11.9 Å². The predicted octanol–water partition coefficient (Wildman–Crippen LogP) is 3.03. The van der Waals surface area contributed by atoms with Gasteiger partial charge in [-0.1, -0.05) is 23.7 Å². The first-order valence-corrected chi connectivity index (χ1v) is 8.29. The van der Waals surface area contributed by atoms with Gasteiger partial charge in [-0.25, -0.2) is 4.98 Å². The lowest BCUT2D eigenvalue weighted by atomic mass is 10.2. The topological polar surface area (TPSA) is 57.3 Å². The van der Waals surface area contributed by atoms with E-state index in [2.05, 4.69) is 34.6 Å². The fourth-order valence-corrected chi connectivity index (χ4v) is 2.26. The van der Waals surface area contributed by atoms with Crippen molar-refractivity contribution in [1.29, 1.82) is 0 Å². The lowest BCUT2D eigenvalue weighted by Crippen LogP contribution is -2.23. The molecule has 0 atom stereocenters. The van der Waals surface area contributed by atoms with Gasteiger partial charge in [0.1, 0.15) is 5.69 Å². The Morgan fingerprint density at radius 2 is 1.92 bits per heavy atom. The van der Waals surface area contributed by atoms with Gasteiger partial charge in [-0.3, -0.25) is 4.79 Å². The Hall–Kier alpha value is -2.11. The van der Waals surface area contributed by atoms with E-state index >= 15 is 0 Å². The van der Waals surface area contributed by atoms with E-state index in [9.17, 15) is 4.79 Å². The molecule has 5 nitrogen and oxygen atoms in total. The van der Waals surface area contributed by atoms with Gasteiger partial charge < -0.3 is 15.5 Å². The number of halogens is 1. The number of carbonyl (C=O) groups is 1. The highest BCUT2D eigenvalue weighted by Crippen LogP contribution is 2.10. The molecule has 0 unspecified atom stereocenters. The van der Waals surface area contributed by atoms with E-state index in [0.29, 0.717) is 17.3 Å². The molecular weight excluding hydrogens is 324 g/mol. The highest BCUT2D eigenvalue weighted by atomic mass is 35.5. The molecule has 0 aliphatic rings. The molecule has 0 saturated carbocycles. The number of carbonyl (C=O) groups excluding carboxylic acids is 1. The number of hydrogen-bond acceptors (Lipinski definition) is 4. The molecule has 0 saturated heterocycles. The zero-order valence-electron chi connectivity index (χ0n) is 14.1. The summed E-state index contributed by atoms with van der Waals surface area (Å²) in [6, 6.07) is 11.0. The van der Waals surface area contributed by atoms with Crippen LogP contribution in [0, 0.1) is 0 Å². The summed E-state index contributed by atoms with van der Waals surface area (Å²) in [5.74, 6) is -0.191. The van der Waals surface area contributed by atoms with Crippen molar-refractivity contribution in [3.8, 4) is 0 Å². The molecule has 6 heteroatoms. The van der Waals surface area contributed by atoms with Crippen molar-refractivity contribution in [2.45, 2.75) is 13.0 Å². The molecule has 2 rings (SSSR count). The lowest BCUT2D eigenvalue weighted by Gasteiger charge is -2.10. The molecule has 2 N–H and O–H groups in total. The molecule has 1 aromatic heterocycles. The van der Waals surface area contributed by atoms with Crippen molar-refractivity contribution < 1.29 is 4.79 Å². The van der Waals surface area contributed by atoms with E-state index < -0.39 is 0 Å². The molecule has 0 fully saturated rings. The number of aromatic nitrogens is 1. The molecule has 0 radical (unpaired) electrons. The Morgan fingerprint density at radius 3 is 2.54 bits per heavy atom. The van der Waals surface area contributed by atoms with E-state index in [1.54, 1.807) is 24.4 Å². The van der Waals surface area contributed by atoms with Gasteiger partial charge in [0, 0.05) is 18.1 Å². The van der Waals surface area contributed by atoms with Crippen molar-refractivity contribution >= 4 is 23.2 Å². The molecule has 2 aromatic rings. The smallest absolute Gasteiger partial charge is 0.270 e. The number of benzene rings is 1. The number of hydrogen-bond donors (Lipinski definition) is 2. The normalized spacial score (nSPS) is 10.7. The van der Waals surface area contributed by atoms with E-state index in [4.69, 9.17) is 11.6 Å². The summed E-state index contributed by atoms with van der Waals surface area (Å²) in [7, 11) is 4.11. The van der Waals surface area contributed by atoms with Crippen molar-refractivity contribution in [1.82, 2.24) is 15.2 Å². The van der Waals surface area contributed by atoms with E-state index in [1.165, 1.54) is 0 Å². The van der Waals surface area contributed by atoms with Gasteiger partial charge in [-0.05, 0) is 56.9 Å². The largest absolute Gasteiger partial charge is 0.384 e. The zero-order valence-corrected chi connectivity index (χ0v) is 14.8. The molecule has 1 amide bonds. The van der Waals surface area contributed by atoms with Gasteiger partial charge in [0.25, 0.3) is 5.91 Å². The lowest BCUT2D eigenvalue weighted by molar-refractivity contribution is 0.0946. The van der Waals surface area contributed by atoms with Crippen LogP contribution in [-0.4, -0.2) is 43.0 Å². The predicted molar refractivity (Wildman–Crippen MR) is 98.5 cm³/mol. The van der Waals surface area contributed by atoms with Crippen LogP contribution < -0.4 is 10.6 Å². The summed E-state index contributed by atoms with van der Waals surface area (Å²) in [6.07, 6.45) is 2.74. The third kappa shape index (κ3) is 6.18. The SMILES string of the molecule is CN(C)CCCNc1ccc(C(=O)NCc2ccc(Cl)cc2)nc1. The fourth-order valence-electron chi connectivity index (χ4n) is 2.14. The average Bonchev–Trinajstić information content (AvgIpc) is 2.58. The van der Waals surface area contributed by atoms with E-state index in [1.807, 2.05) is 18.2 Å². The van der Waals surface area contributed by atoms with Crippen LogP contribution in [0.2, 0.25) is 5.02 Å². The number of anilines is 1. The molecule has 0 bridgehead atoms. The van der Waals surface area contributed by atoms with Crippen molar-refractivity contribution in [3.05, 3.63) is 58.9 Å². The van der Waals surface area contributed by atoms with Crippen LogP contribution in [0.4, 0.5) is 5.69 Å². The Kier molecular flexibility index (Phi) is 7.03. The Morgan fingerprint density at radius 1 is 1.17 bits per heavy atom. The second-order valence-corrected chi connectivity index (χ2v) is 6.26. The number of rotatable bonds is 8. The molecule has 0 aliphatic carbocycles. The Bertz CT molecular complexity index is 641. The van der Waals surface area contributed by atoms with Crippen molar-refractivity contribution in [2.24, 2.45) is 0 Å². The van der Waals surface area contributed by atoms with Crippen LogP contribution in [0.25, 0.3) is 0 Å². The molecule has 0 aliphatic heterocycles. The highest BCUT2D eigenvalue weighted by Gasteiger charge is 2.06. The standard InChI is InChI=1S/C18H23ClN4O/c1-23(2)11-3-10-20-16-8-9-17(21-13-16)18(24)22-12-14-4-6-15(19)7-5-14/h4-9,13,20H,3,10-12H2,1-2H3,(H,22,24). The van der Waals surface area contributed by atoms with Crippen LogP contribution in [0.15, 0.2) is 42.6 Å². The minimum absolute atomic E-state index is 0.191. The quantitative estimate of drug-likeness (QED) is 0.721. The minimum atomic E-state index is -0.191. The van der Waals surface area contributed by atoms with Crippen LogP contribution >= 0.6 is 11.6 Å². The van der Waals surface area contributed by atoms with Crippen molar-refractivity contribution in [2.75, 3.05) is 32.5 Å². The van der Waals surface area contributed by atoms with Crippen LogP contribution in [-0.2, 0) is 6.54 Å². The summed E-state index contributed by atoms with van der Waals surface area (Å²) in [5.41, 5.74) is 2.32. The average molecular weight is 347 g/mol. The van der Waals surface area contributed by atoms with Gasteiger partial charge in [0.15, 0.2) is 0 Å². The van der Waals surface area contributed by atoms with Crippen LogP contribution in [0.5, 0.6) is 0 Å². The van der Waals surface area contributed by atoms with Gasteiger partial charge in [0.2, 0.25) is 0 Å². The summed E-state index contributed by atoms with van der Waals surface area (Å²) < 4.78 is 0. The molecule has 1 aromatic carbocycles. The Labute approximate surface area is 148 Å². The van der Waals surface area contributed by atoms with Crippen LogP contribution in [0.3, 0.4) is 0 Å². The van der Waals surface area contributed by atoms with Crippen LogP contribution in [0.1, 0.15) is 22.5 Å². The summed E-state index contributed by atoms with van der Waals surface area (Å²) in [4.78, 5) is 18.5. The molecule has 0 spiro atoms. The fraction of sp³-hybridized carbons (Fsp3) is 0.333. The zero-order chi connectivity index (χ0) is 17.4. The summed E-state index contributed by atoms with van der Waals surface area (Å²) in [6.45, 7) is 2.36. The highest BCUT2D eigenvalue weighted by molar-refractivity contribution is 6.30. The number of nitrogens with zero attached hydrogens (tertiary/aromatic N) is 2. The first kappa shape index (κ1) is 18.2. The van der Waals surface area contributed by atoms with E-state index in [-0.39, 0.29) is 5.91 Å². The van der Waals surface area contributed by atoms with E-state index in [0.717, 1.165) is 30.8 Å². The Balaban J connectivity index is 1.79. The first-order valence-electron chi connectivity index (χ1n) is 7.92. The molecule has 24 heavy (non-hydrogen) atoms. The molecule has 1 heterocycles. The number of nitrogens with one attached hydrogen (secondary N) is 2. The maximum Gasteiger partial charge on any atom is 0.270 e. The van der Waals surface area contributed by atoms with Gasteiger partial charge in [-0.2, -0.15) is 0 Å². The maximum absolute atomic E-state index is 12.1. The second-order valence-electron chi connectivity index (χ2n) is 5.82. The molecular formula is C18H23ClN4O. The van der Waals surface area contributed by atoms with Crippen molar-refractivity contribution in [3.63, 3.8) is 0 Å². The third-order valence-electron chi connectivity index (χ3n) is 3.47. The molecule has 128 valence electrons. The second kappa shape index (κ2) is 9.25. The summed E-state index contributed by atoms with van der Waals surface area (Å²) in [5, 5.41) is 6.83. The number of pyridine rings is 1. The van der Waals surface area contributed by atoms with Gasteiger partial charge >= 0.3 is 0 Å². The van der Waals surface area contributed by atoms with Gasteiger partial charge in [-0.15, -0.1) is 0 Å². The monoisotopic (exact) mass is 346 g/mol. The maximum atomic E-state index is 12.1. The summed E-state index contributed by atoms with van der Waals surface area (Å²) >= 11 is 5.84. The first-order chi connectivity index (χ1) is 11.5. The number of amides is 1. The third-order valence-corrected chi connectivity index (χ3v) is 3.73. The minimum Gasteiger partial charge on any atom is -0.384 e.